The van der Waals surface area contributed by atoms with Gasteiger partial charge in [0.2, 0.25) is 0 Å². The molecule has 0 atom stereocenters. The first kappa shape index (κ1) is 8.26. The van der Waals surface area contributed by atoms with Gasteiger partial charge in [0, 0.05) is 10.8 Å². The van der Waals surface area contributed by atoms with E-state index in [2.05, 4.69) is 0 Å². The van der Waals surface area contributed by atoms with Crippen LogP contribution in [-0.4, -0.2) is 4.57 Å². The first-order valence-corrected chi connectivity index (χ1v) is 4.29. The van der Waals surface area contributed by atoms with Gasteiger partial charge in [-0.2, -0.15) is 0 Å². The number of fused-ring (bicyclic) bond motifs is 4. The third-order valence-electron chi connectivity index (χ3n) is 1.99. The number of hydrogen-bond donors (Lipinski definition) is 0. The number of halogens is 1. The van der Waals surface area contributed by atoms with E-state index in [4.69, 9.17) is 11.6 Å². The third-order valence-corrected chi connectivity index (χ3v) is 2.23. The smallest absolute Gasteiger partial charge is 0.261 e. The Bertz CT molecular complexity index is 479. The van der Waals surface area contributed by atoms with Gasteiger partial charge in [-0.3, -0.25) is 14.2 Å². The van der Waals surface area contributed by atoms with Crippen LogP contribution in [0.5, 0.6) is 0 Å². The van der Waals surface area contributed by atoms with Crippen molar-refractivity contribution >= 4 is 22.4 Å². The van der Waals surface area contributed by atoms with Crippen molar-refractivity contribution in [3.05, 3.63) is 45.0 Å². The van der Waals surface area contributed by atoms with Gasteiger partial charge in [-0.05, 0) is 24.3 Å². The topological polar surface area (TPSA) is 39.1 Å². The van der Waals surface area contributed by atoms with Crippen molar-refractivity contribution in [3.8, 4) is 0 Å². The van der Waals surface area contributed by atoms with Gasteiger partial charge in [-0.1, -0.05) is 0 Å². The monoisotopic (exact) mass is 195 g/mol. The fraction of sp³-hybridized carbons (Fsp3) is 0.111. The molecule has 0 aliphatic carbocycles. The summed E-state index contributed by atoms with van der Waals surface area (Å²) in [6.07, 6.45) is 0. The van der Waals surface area contributed by atoms with Crippen molar-refractivity contribution in [2.24, 2.45) is 0 Å². The van der Waals surface area contributed by atoms with Gasteiger partial charge in [0.1, 0.15) is 6.00 Å². The highest BCUT2D eigenvalue weighted by molar-refractivity contribution is 6.15. The average molecular weight is 196 g/mol. The second-order valence-electron chi connectivity index (χ2n) is 2.74. The molecule has 66 valence electrons. The van der Waals surface area contributed by atoms with E-state index < -0.39 is 0 Å². The Hall–Kier alpha value is -1.35. The van der Waals surface area contributed by atoms with Crippen molar-refractivity contribution in [2.45, 2.75) is 6.00 Å². The number of hydrogen-bond acceptors (Lipinski definition) is 2. The summed E-state index contributed by atoms with van der Waals surface area (Å²) < 4.78 is 1.02. The minimum atomic E-state index is -0.333. The molecular weight excluding hydrogens is 190 g/mol. The summed E-state index contributed by atoms with van der Waals surface area (Å²) in [4.78, 5) is 23.0. The molecule has 0 radical (unpaired) electrons. The maximum absolute atomic E-state index is 11.5. The molecule has 0 fully saturated rings. The maximum atomic E-state index is 11.5. The molecule has 3 rings (SSSR count). The van der Waals surface area contributed by atoms with Crippen molar-refractivity contribution in [2.75, 3.05) is 0 Å². The summed E-state index contributed by atoms with van der Waals surface area (Å²) in [7, 11) is 0. The van der Waals surface area contributed by atoms with Crippen molar-refractivity contribution in [3.63, 3.8) is 0 Å². The number of benzene rings is 1. The first-order valence-electron chi connectivity index (χ1n) is 3.76. The zero-order chi connectivity index (χ0) is 9.42. The molecule has 2 bridgehead atoms. The largest absolute Gasteiger partial charge is 0.269 e. The molecule has 0 aliphatic rings. The molecule has 13 heavy (non-hydrogen) atoms. The molecule has 0 saturated carbocycles. The quantitative estimate of drug-likeness (QED) is 0.637. The molecule has 0 unspecified atom stereocenters. The summed E-state index contributed by atoms with van der Waals surface area (Å²) in [5, 5.41) is 0.991. The Labute approximate surface area is 78.5 Å². The molecule has 2 heterocycles. The molecule has 0 N–H and O–H groups in total. The lowest BCUT2D eigenvalue weighted by molar-refractivity contribution is 0.818. The molecular formula is C9H6ClNO2. The zero-order valence-electron chi connectivity index (χ0n) is 6.66. The summed E-state index contributed by atoms with van der Waals surface area (Å²) >= 11 is 5.50. The van der Waals surface area contributed by atoms with Crippen LogP contribution in [0.25, 0.3) is 10.8 Å². The predicted molar refractivity (Wildman–Crippen MR) is 51.5 cm³/mol. The van der Waals surface area contributed by atoms with E-state index >= 15 is 0 Å². The van der Waals surface area contributed by atoms with Crippen molar-refractivity contribution in [1.82, 2.24) is 4.57 Å². The number of rotatable bonds is 1. The molecule has 3 aromatic rings. The van der Waals surface area contributed by atoms with Crippen molar-refractivity contribution < 1.29 is 0 Å². The van der Waals surface area contributed by atoms with Crippen LogP contribution in [0.2, 0.25) is 0 Å². The highest BCUT2D eigenvalue weighted by Gasteiger charge is 2.04. The van der Waals surface area contributed by atoms with Crippen LogP contribution < -0.4 is 11.1 Å². The normalized spacial score (nSPS) is 10.8. The second-order valence-corrected chi connectivity index (χ2v) is 2.97. The summed E-state index contributed by atoms with van der Waals surface area (Å²) in [5.74, 6) is 0. The Balaban J connectivity index is 3.15. The number of nitrogens with zero attached hydrogens (tertiary/aromatic N) is 1. The van der Waals surface area contributed by atoms with E-state index in [-0.39, 0.29) is 17.1 Å². The summed E-state index contributed by atoms with van der Waals surface area (Å²) in [6, 6.07) is 6.41. The zero-order valence-corrected chi connectivity index (χ0v) is 7.41. The highest BCUT2D eigenvalue weighted by Crippen LogP contribution is 2.00. The van der Waals surface area contributed by atoms with Crippen LogP contribution >= 0.6 is 11.6 Å². The van der Waals surface area contributed by atoms with E-state index in [1.165, 1.54) is 0 Å². The molecule has 3 nitrogen and oxygen atoms in total. The van der Waals surface area contributed by atoms with Gasteiger partial charge in [-0.15, -0.1) is 11.6 Å². The first-order chi connectivity index (χ1) is 6.24. The van der Waals surface area contributed by atoms with Gasteiger partial charge in [0.15, 0.2) is 0 Å². The van der Waals surface area contributed by atoms with E-state index in [1.54, 1.807) is 24.3 Å². The number of aromatic nitrogens is 1. The van der Waals surface area contributed by atoms with Gasteiger partial charge in [-0.25, -0.2) is 0 Å². The van der Waals surface area contributed by atoms with Crippen LogP contribution in [0, 0.1) is 0 Å². The minimum absolute atomic E-state index is 0.103. The molecule has 4 heteroatoms. The minimum Gasteiger partial charge on any atom is -0.269 e. The third kappa shape index (κ3) is 1.12. The Morgan fingerprint density at radius 1 is 1.00 bits per heavy atom. The molecule has 1 aromatic carbocycles. The fourth-order valence-corrected chi connectivity index (χ4v) is 1.48. The van der Waals surface area contributed by atoms with E-state index in [1.807, 2.05) is 0 Å². The van der Waals surface area contributed by atoms with Crippen LogP contribution in [0.3, 0.4) is 0 Å². The summed E-state index contributed by atoms with van der Waals surface area (Å²) in [5.41, 5.74) is -0.667. The fourth-order valence-electron chi connectivity index (χ4n) is 1.27. The van der Waals surface area contributed by atoms with E-state index in [0.717, 1.165) is 4.57 Å². The van der Waals surface area contributed by atoms with Crippen molar-refractivity contribution in [1.29, 1.82) is 0 Å². The molecule has 0 aliphatic heterocycles. The van der Waals surface area contributed by atoms with Gasteiger partial charge >= 0.3 is 0 Å². The van der Waals surface area contributed by atoms with Gasteiger partial charge in [0.25, 0.3) is 11.1 Å². The maximum Gasteiger partial charge on any atom is 0.261 e. The lowest BCUT2D eigenvalue weighted by Gasteiger charge is -1.90. The standard InChI is InChI=1S/C9H6ClNO2/c10-5-11-8(12)6-1-2-7(4-3-6)9(11)13/h1-4H,5H2. The van der Waals surface area contributed by atoms with Crippen LogP contribution in [0.15, 0.2) is 33.9 Å². The Kier molecular flexibility index (Phi) is 1.81. The van der Waals surface area contributed by atoms with Gasteiger partial charge in [0.05, 0.1) is 0 Å². The lowest BCUT2D eigenvalue weighted by atomic mass is 10.2. The SMILES string of the molecule is O=c1c2ccc(cc2)c(=O)n1CCl. The molecule has 0 saturated heterocycles. The molecule has 0 spiro atoms. The van der Waals surface area contributed by atoms with Crippen LogP contribution in [-0.2, 0) is 6.00 Å². The van der Waals surface area contributed by atoms with Crippen LogP contribution in [0.4, 0.5) is 0 Å². The molecule has 2 aromatic heterocycles. The molecule has 0 amide bonds. The Morgan fingerprint density at radius 2 is 1.38 bits per heavy atom. The van der Waals surface area contributed by atoms with E-state index in [0.29, 0.717) is 10.8 Å². The lowest BCUT2D eigenvalue weighted by Crippen LogP contribution is -2.27. The van der Waals surface area contributed by atoms with Gasteiger partial charge < -0.3 is 0 Å². The Morgan fingerprint density at radius 3 is 1.69 bits per heavy atom. The number of alkyl halides is 1. The predicted octanol–water partition coefficient (Wildman–Crippen LogP) is 0.996. The average Bonchev–Trinajstić information content (AvgIpc) is 2.34. The summed E-state index contributed by atoms with van der Waals surface area (Å²) in [6.45, 7) is 0. The second kappa shape index (κ2) is 2.85. The van der Waals surface area contributed by atoms with E-state index in [9.17, 15) is 9.59 Å². The highest BCUT2D eigenvalue weighted by atomic mass is 35.5. The van der Waals surface area contributed by atoms with Crippen LogP contribution in [0.1, 0.15) is 0 Å².